The molecule has 5 nitrogen and oxygen atoms in total. The number of rotatable bonds is 4. The first-order valence-electron chi connectivity index (χ1n) is 8.98. The molecule has 2 heterocycles. The Hall–Kier alpha value is -1.63. The first-order chi connectivity index (χ1) is 12.9. The van der Waals surface area contributed by atoms with E-state index in [1.165, 1.54) is 6.42 Å². The van der Waals surface area contributed by atoms with Crippen LogP contribution >= 0.6 is 35.4 Å². The summed E-state index contributed by atoms with van der Waals surface area (Å²) in [4.78, 5) is 11.1. The smallest absolute Gasteiger partial charge is 0.232 e. The first-order valence-corrected chi connectivity index (χ1v) is 10.1. The minimum Gasteiger partial charge on any atom is -0.358 e. The van der Waals surface area contributed by atoms with E-state index in [0.717, 1.165) is 24.5 Å². The summed E-state index contributed by atoms with van der Waals surface area (Å²) in [6.07, 6.45) is 1.23. The number of halogens is 2. The normalized spacial score (nSPS) is 19.6. The molecular weight excluding hydrogens is 401 g/mol. The van der Waals surface area contributed by atoms with Crippen LogP contribution in [0.15, 0.2) is 30.3 Å². The van der Waals surface area contributed by atoms with Gasteiger partial charge in [0.15, 0.2) is 5.11 Å². The molecule has 0 aliphatic carbocycles. The molecule has 2 atom stereocenters. The zero-order valence-electron chi connectivity index (χ0n) is 15.4. The molecule has 0 unspecified atom stereocenters. The van der Waals surface area contributed by atoms with Crippen LogP contribution in [0, 0.1) is 11.8 Å². The van der Waals surface area contributed by atoms with Crippen LogP contribution in [0.4, 0.5) is 11.8 Å². The van der Waals surface area contributed by atoms with Gasteiger partial charge in [-0.3, -0.25) is 0 Å². The lowest BCUT2D eigenvalue weighted by Gasteiger charge is -2.35. The van der Waals surface area contributed by atoms with Gasteiger partial charge in [-0.15, -0.1) is 0 Å². The highest BCUT2D eigenvalue weighted by Crippen LogP contribution is 2.27. The Kier molecular flexibility index (Phi) is 6.73. The Morgan fingerprint density at radius 2 is 1.89 bits per heavy atom. The fourth-order valence-corrected chi connectivity index (χ4v) is 3.98. The second kappa shape index (κ2) is 9.04. The third-order valence-electron chi connectivity index (χ3n) is 4.50. The molecule has 3 rings (SSSR count). The molecule has 8 heteroatoms. The molecule has 1 fully saturated rings. The molecule has 1 aromatic carbocycles. The van der Waals surface area contributed by atoms with E-state index in [2.05, 4.69) is 39.3 Å². The molecule has 1 aliphatic rings. The number of anilines is 2. The Labute approximate surface area is 175 Å². The van der Waals surface area contributed by atoms with E-state index in [0.29, 0.717) is 39.6 Å². The monoisotopic (exact) mass is 423 g/mol. The highest BCUT2D eigenvalue weighted by atomic mass is 35.5. The highest BCUT2D eigenvalue weighted by molar-refractivity contribution is 7.80. The van der Waals surface area contributed by atoms with E-state index in [4.69, 9.17) is 35.4 Å². The molecule has 0 bridgehead atoms. The van der Waals surface area contributed by atoms with Gasteiger partial charge in [0.25, 0.3) is 0 Å². The summed E-state index contributed by atoms with van der Waals surface area (Å²) in [5, 5.41) is 7.65. The Bertz CT molecular complexity index is 806. The summed E-state index contributed by atoms with van der Waals surface area (Å²) in [5.74, 6) is 2.46. The third-order valence-corrected chi connectivity index (χ3v) is 5.31. The second-order valence-electron chi connectivity index (χ2n) is 7.12. The van der Waals surface area contributed by atoms with Gasteiger partial charge in [-0.05, 0) is 42.1 Å². The minimum atomic E-state index is 0.389. The predicted octanol–water partition coefficient (Wildman–Crippen LogP) is 4.75. The van der Waals surface area contributed by atoms with E-state index >= 15 is 0 Å². The second-order valence-corrected chi connectivity index (χ2v) is 8.33. The molecule has 0 amide bonds. The maximum Gasteiger partial charge on any atom is 0.232 e. The highest BCUT2D eigenvalue weighted by Gasteiger charge is 2.23. The van der Waals surface area contributed by atoms with Crippen molar-refractivity contribution in [3.63, 3.8) is 0 Å². The average Bonchev–Trinajstić information content (AvgIpc) is 2.59. The van der Waals surface area contributed by atoms with Gasteiger partial charge in [0.05, 0.1) is 0 Å². The molecule has 1 saturated heterocycles. The average molecular weight is 424 g/mol. The van der Waals surface area contributed by atoms with Crippen LogP contribution in [0.1, 0.15) is 25.8 Å². The summed E-state index contributed by atoms with van der Waals surface area (Å²) in [6, 6.07) is 9.43. The molecule has 0 spiro atoms. The molecular formula is C19H23Cl2N5S. The number of hydrogen-bond acceptors (Lipinski definition) is 4. The van der Waals surface area contributed by atoms with Crippen molar-refractivity contribution in [1.29, 1.82) is 0 Å². The van der Waals surface area contributed by atoms with Gasteiger partial charge in [0.2, 0.25) is 5.95 Å². The number of benzene rings is 1. The van der Waals surface area contributed by atoms with Crippen LogP contribution in [-0.2, 0) is 6.54 Å². The first kappa shape index (κ1) is 20.1. The van der Waals surface area contributed by atoms with Crippen molar-refractivity contribution in [1.82, 2.24) is 15.3 Å². The van der Waals surface area contributed by atoms with Crippen molar-refractivity contribution in [3.05, 3.63) is 46.1 Å². The van der Waals surface area contributed by atoms with Gasteiger partial charge in [-0.1, -0.05) is 55.2 Å². The largest absolute Gasteiger partial charge is 0.358 e. The van der Waals surface area contributed by atoms with Crippen LogP contribution in [0.25, 0.3) is 0 Å². The quantitative estimate of drug-likeness (QED) is 0.546. The number of piperidine rings is 1. The van der Waals surface area contributed by atoms with Crippen LogP contribution < -0.4 is 15.5 Å². The third kappa shape index (κ3) is 5.67. The number of nitrogens with one attached hydrogen (secondary N) is 2. The van der Waals surface area contributed by atoms with E-state index in [1.54, 1.807) is 6.07 Å². The van der Waals surface area contributed by atoms with E-state index < -0.39 is 0 Å². The van der Waals surface area contributed by atoms with Gasteiger partial charge in [-0.25, -0.2) is 4.98 Å². The van der Waals surface area contributed by atoms with Crippen molar-refractivity contribution in [2.24, 2.45) is 11.8 Å². The molecule has 27 heavy (non-hydrogen) atoms. The van der Waals surface area contributed by atoms with Crippen molar-refractivity contribution in [3.8, 4) is 0 Å². The fraction of sp³-hybridized carbons (Fsp3) is 0.421. The molecule has 1 aromatic heterocycles. The van der Waals surface area contributed by atoms with Gasteiger partial charge in [0, 0.05) is 30.7 Å². The summed E-state index contributed by atoms with van der Waals surface area (Å²) in [5.41, 5.74) is 0.965. The van der Waals surface area contributed by atoms with Crippen LogP contribution in [-0.4, -0.2) is 28.2 Å². The molecule has 0 radical (unpaired) electrons. The Morgan fingerprint density at radius 1 is 1.19 bits per heavy atom. The number of aromatic nitrogens is 2. The van der Waals surface area contributed by atoms with E-state index in [9.17, 15) is 0 Å². The molecule has 144 valence electrons. The van der Waals surface area contributed by atoms with Gasteiger partial charge in [-0.2, -0.15) is 4.98 Å². The number of nitrogens with zero attached hydrogens (tertiary/aromatic N) is 3. The number of hydrogen-bond donors (Lipinski definition) is 2. The van der Waals surface area contributed by atoms with E-state index in [-0.39, 0.29) is 0 Å². The predicted molar refractivity (Wildman–Crippen MR) is 117 cm³/mol. The van der Waals surface area contributed by atoms with Gasteiger partial charge >= 0.3 is 0 Å². The summed E-state index contributed by atoms with van der Waals surface area (Å²) in [7, 11) is 0. The van der Waals surface area contributed by atoms with E-state index in [1.807, 2.05) is 24.3 Å². The summed E-state index contributed by atoms with van der Waals surface area (Å²) >= 11 is 17.7. The fourth-order valence-electron chi connectivity index (χ4n) is 3.44. The van der Waals surface area contributed by atoms with Crippen molar-refractivity contribution >= 4 is 52.3 Å². The Balaban J connectivity index is 1.65. The zero-order chi connectivity index (χ0) is 19.4. The topological polar surface area (TPSA) is 53.1 Å². The van der Waals surface area contributed by atoms with Gasteiger partial charge in [0.1, 0.15) is 11.0 Å². The lowest BCUT2D eigenvalue weighted by atomic mass is 9.92. The lowest BCUT2D eigenvalue weighted by Crippen LogP contribution is -2.39. The van der Waals surface area contributed by atoms with Crippen molar-refractivity contribution in [2.45, 2.75) is 26.8 Å². The molecule has 1 aliphatic heterocycles. The van der Waals surface area contributed by atoms with Gasteiger partial charge < -0.3 is 15.5 Å². The maximum absolute atomic E-state index is 6.22. The summed E-state index contributed by atoms with van der Waals surface area (Å²) in [6.45, 7) is 6.97. The Morgan fingerprint density at radius 3 is 2.59 bits per heavy atom. The lowest BCUT2D eigenvalue weighted by molar-refractivity contribution is 0.355. The SMILES string of the molecule is C[C@H]1C[C@H](C)CN(c2cc(Cl)nc(NC(=S)NCc3ccccc3Cl)n2)C1. The minimum absolute atomic E-state index is 0.389. The van der Waals surface area contributed by atoms with Crippen LogP contribution in [0.2, 0.25) is 10.2 Å². The van der Waals surface area contributed by atoms with Crippen molar-refractivity contribution in [2.75, 3.05) is 23.3 Å². The summed E-state index contributed by atoms with van der Waals surface area (Å²) < 4.78 is 0. The van der Waals surface area contributed by atoms with Crippen LogP contribution in [0.5, 0.6) is 0 Å². The zero-order valence-corrected chi connectivity index (χ0v) is 17.7. The van der Waals surface area contributed by atoms with Crippen LogP contribution in [0.3, 0.4) is 0 Å². The maximum atomic E-state index is 6.22. The standard InChI is InChI=1S/C19H23Cl2N5S/c1-12-7-13(2)11-26(10-12)17-8-16(21)23-18(24-17)25-19(27)22-9-14-5-3-4-6-15(14)20/h3-6,8,12-13H,7,9-11H2,1-2H3,(H2,22,23,24,25,27)/t12-,13-/m0/s1. The van der Waals surface area contributed by atoms with Crippen molar-refractivity contribution < 1.29 is 0 Å². The number of thiocarbonyl (C=S) groups is 1. The molecule has 2 N–H and O–H groups in total. The molecule has 2 aromatic rings. The molecule has 0 saturated carbocycles.